The number of hydrogen-bond donors (Lipinski definition) is 0. The van der Waals surface area contributed by atoms with E-state index in [9.17, 15) is 4.79 Å². The van der Waals surface area contributed by atoms with E-state index in [4.69, 9.17) is 16.1 Å². The maximum Gasteiger partial charge on any atom is 0.254 e. The Kier molecular flexibility index (Phi) is 4.85. The number of carbonyl (C=O) groups is 1. The molecular formula is C25H19ClN2O2. The highest BCUT2D eigenvalue weighted by Crippen LogP contribution is 2.31. The van der Waals surface area contributed by atoms with Gasteiger partial charge < -0.3 is 9.42 Å². The first-order valence-electron chi connectivity index (χ1n) is 9.87. The molecule has 1 aliphatic heterocycles. The van der Waals surface area contributed by atoms with Gasteiger partial charge in [0.15, 0.2) is 5.76 Å². The minimum Gasteiger partial charge on any atom is -0.356 e. The molecule has 0 spiro atoms. The summed E-state index contributed by atoms with van der Waals surface area (Å²) in [6, 6.07) is 25.4. The Morgan fingerprint density at radius 3 is 2.27 bits per heavy atom. The predicted octanol–water partition coefficient (Wildman–Crippen LogP) is 5.86. The lowest BCUT2D eigenvalue weighted by atomic mass is 9.99. The molecular weight excluding hydrogens is 396 g/mol. The van der Waals surface area contributed by atoms with E-state index in [0.717, 1.165) is 33.7 Å². The van der Waals surface area contributed by atoms with E-state index in [2.05, 4.69) is 17.3 Å². The van der Waals surface area contributed by atoms with Crippen LogP contribution in [0, 0.1) is 0 Å². The Labute approximate surface area is 179 Å². The zero-order valence-corrected chi connectivity index (χ0v) is 17.0. The average molecular weight is 415 g/mol. The molecule has 5 heteroatoms. The van der Waals surface area contributed by atoms with Gasteiger partial charge in [0.05, 0.1) is 6.54 Å². The molecule has 1 aromatic heterocycles. The highest BCUT2D eigenvalue weighted by Gasteiger charge is 2.27. The molecule has 5 rings (SSSR count). The van der Waals surface area contributed by atoms with Gasteiger partial charge in [-0.15, -0.1) is 0 Å². The second-order valence-corrected chi connectivity index (χ2v) is 7.80. The third kappa shape index (κ3) is 3.51. The molecule has 1 amide bonds. The molecule has 0 atom stereocenters. The maximum atomic E-state index is 13.0. The molecule has 0 unspecified atom stereocenters. The summed E-state index contributed by atoms with van der Waals surface area (Å²) in [6.45, 7) is 1.08. The van der Waals surface area contributed by atoms with Crippen LogP contribution in [0.1, 0.15) is 21.6 Å². The third-order valence-corrected chi connectivity index (χ3v) is 5.73. The number of halogens is 1. The van der Waals surface area contributed by atoms with Crippen LogP contribution in [0.15, 0.2) is 83.4 Å². The van der Waals surface area contributed by atoms with E-state index in [-0.39, 0.29) is 5.91 Å². The van der Waals surface area contributed by atoms with E-state index in [1.807, 2.05) is 71.6 Å². The second kappa shape index (κ2) is 7.81. The third-order valence-electron chi connectivity index (χ3n) is 5.47. The second-order valence-electron chi connectivity index (χ2n) is 7.36. The highest BCUT2D eigenvalue weighted by molar-refractivity contribution is 6.30. The lowest BCUT2D eigenvalue weighted by Gasteiger charge is -2.26. The quantitative estimate of drug-likeness (QED) is 0.421. The molecule has 1 aliphatic rings. The van der Waals surface area contributed by atoms with Crippen molar-refractivity contribution in [1.82, 2.24) is 10.1 Å². The van der Waals surface area contributed by atoms with Crippen LogP contribution in [0.5, 0.6) is 0 Å². The number of nitrogens with zero attached hydrogens (tertiary/aromatic N) is 2. The van der Waals surface area contributed by atoms with E-state index in [1.165, 1.54) is 0 Å². The Morgan fingerprint density at radius 2 is 1.53 bits per heavy atom. The van der Waals surface area contributed by atoms with E-state index >= 15 is 0 Å². The number of carbonyl (C=O) groups excluding carboxylic acids is 1. The van der Waals surface area contributed by atoms with Crippen LogP contribution >= 0.6 is 11.6 Å². The highest BCUT2D eigenvalue weighted by atomic mass is 35.5. The monoisotopic (exact) mass is 414 g/mol. The van der Waals surface area contributed by atoms with Crippen LogP contribution in [-0.4, -0.2) is 22.5 Å². The van der Waals surface area contributed by atoms with Crippen molar-refractivity contribution in [3.63, 3.8) is 0 Å². The predicted molar refractivity (Wildman–Crippen MR) is 117 cm³/mol. The van der Waals surface area contributed by atoms with Gasteiger partial charge in [0.2, 0.25) is 0 Å². The van der Waals surface area contributed by atoms with Crippen molar-refractivity contribution in [1.29, 1.82) is 0 Å². The summed E-state index contributed by atoms with van der Waals surface area (Å²) < 4.78 is 5.61. The fourth-order valence-corrected chi connectivity index (χ4v) is 3.98. The Morgan fingerprint density at radius 1 is 0.867 bits per heavy atom. The summed E-state index contributed by atoms with van der Waals surface area (Å²) in [4.78, 5) is 14.9. The summed E-state index contributed by atoms with van der Waals surface area (Å²) in [6.07, 6.45) is 0.713. The minimum absolute atomic E-state index is 0.0105. The van der Waals surface area contributed by atoms with Crippen LogP contribution in [0.25, 0.3) is 22.5 Å². The molecule has 0 fully saturated rings. The molecule has 0 radical (unpaired) electrons. The number of aromatic nitrogens is 1. The van der Waals surface area contributed by atoms with Crippen LogP contribution in [0.2, 0.25) is 5.02 Å². The molecule has 0 aliphatic carbocycles. The van der Waals surface area contributed by atoms with Crippen molar-refractivity contribution >= 4 is 17.5 Å². The van der Waals surface area contributed by atoms with Gasteiger partial charge in [-0.2, -0.15) is 0 Å². The number of benzene rings is 3. The Bertz CT molecular complexity index is 1180. The molecule has 3 aromatic carbocycles. The molecule has 0 saturated carbocycles. The molecule has 2 heterocycles. The summed E-state index contributed by atoms with van der Waals surface area (Å²) in [7, 11) is 0. The lowest BCUT2D eigenvalue weighted by molar-refractivity contribution is 0.0731. The molecule has 0 saturated heterocycles. The standard InChI is InChI=1S/C25H19ClN2O2/c26-21-12-10-19(11-13-21)24-22-14-15-28(16-23(22)27-30-24)25(29)20-8-6-18(7-9-20)17-4-2-1-3-5-17/h1-13H,14-16H2. The molecule has 0 bridgehead atoms. The number of amides is 1. The van der Waals surface area contributed by atoms with Crippen molar-refractivity contribution in [3.05, 3.63) is 101 Å². The summed E-state index contributed by atoms with van der Waals surface area (Å²) in [5.41, 5.74) is 5.75. The zero-order chi connectivity index (χ0) is 20.5. The summed E-state index contributed by atoms with van der Waals surface area (Å²) in [5.74, 6) is 0.775. The minimum atomic E-state index is 0.0105. The topological polar surface area (TPSA) is 46.3 Å². The summed E-state index contributed by atoms with van der Waals surface area (Å²) >= 11 is 5.98. The molecule has 4 aromatic rings. The largest absolute Gasteiger partial charge is 0.356 e. The van der Waals surface area contributed by atoms with Crippen LogP contribution in [0.4, 0.5) is 0 Å². The van der Waals surface area contributed by atoms with Gasteiger partial charge >= 0.3 is 0 Å². The fourth-order valence-electron chi connectivity index (χ4n) is 3.85. The van der Waals surface area contributed by atoms with Crippen molar-refractivity contribution in [3.8, 4) is 22.5 Å². The first-order valence-corrected chi connectivity index (χ1v) is 10.2. The van der Waals surface area contributed by atoms with Crippen LogP contribution in [0.3, 0.4) is 0 Å². The van der Waals surface area contributed by atoms with Gasteiger partial charge in [-0.25, -0.2) is 0 Å². The van der Waals surface area contributed by atoms with Gasteiger partial charge in [-0.3, -0.25) is 4.79 Å². The van der Waals surface area contributed by atoms with Gasteiger partial charge in [-0.1, -0.05) is 59.2 Å². The smallest absolute Gasteiger partial charge is 0.254 e. The average Bonchev–Trinajstić information content (AvgIpc) is 3.23. The van der Waals surface area contributed by atoms with Crippen LogP contribution < -0.4 is 0 Å². The first-order chi connectivity index (χ1) is 14.7. The zero-order valence-electron chi connectivity index (χ0n) is 16.2. The summed E-state index contributed by atoms with van der Waals surface area (Å²) in [5, 5.41) is 4.92. The van der Waals surface area contributed by atoms with E-state index in [0.29, 0.717) is 30.1 Å². The van der Waals surface area contributed by atoms with E-state index in [1.54, 1.807) is 0 Å². The molecule has 4 nitrogen and oxygen atoms in total. The number of fused-ring (bicyclic) bond motifs is 1. The SMILES string of the molecule is O=C(c1ccc(-c2ccccc2)cc1)N1CCc2c(noc2-c2ccc(Cl)cc2)C1. The van der Waals surface area contributed by atoms with Gasteiger partial charge in [0.25, 0.3) is 5.91 Å². The number of rotatable bonds is 3. The Balaban J connectivity index is 1.34. The van der Waals surface area contributed by atoms with Crippen molar-refractivity contribution in [2.75, 3.05) is 6.54 Å². The molecule has 148 valence electrons. The van der Waals surface area contributed by atoms with Crippen molar-refractivity contribution < 1.29 is 9.32 Å². The normalized spacial score (nSPS) is 13.2. The number of hydrogen-bond acceptors (Lipinski definition) is 3. The van der Waals surface area contributed by atoms with Gasteiger partial charge in [0, 0.05) is 28.3 Å². The molecule has 30 heavy (non-hydrogen) atoms. The Hall–Kier alpha value is -3.37. The van der Waals surface area contributed by atoms with Crippen molar-refractivity contribution in [2.24, 2.45) is 0 Å². The molecule has 0 N–H and O–H groups in total. The fraction of sp³-hybridized carbons (Fsp3) is 0.120. The van der Waals surface area contributed by atoms with Gasteiger partial charge in [0.1, 0.15) is 5.69 Å². The van der Waals surface area contributed by atoms with Crippen LogP contribution in [-0.2, 0) is 13.0 Å². The first kappa shape index (κ1) is 18.6. The van der Waals surface area contributed by atoms with Crippen molar-refractivity contribution in [2.45, 2.75) is 13.0 Å². The maximum absolute atomic E-state index is 13.0. The lowest BCUT2D eigenvalue weighted by Crippen LogP contribution is -2.35. The van der Waals surface area contributed by atoms with E-state index < -0.39 is 0 Å². The van der Waals surface area contributed by atoms with Gasteiger partial charge in [-0.05, 0) is 53.9 Å².